The van der Waals surface area contributed by atoms with E-state index in [1.165, 1.54) is 0 Å². The molecule has 5 heteroatoms. The van der Waals surface area contributed by atoms with Gasteiger partial charge in [-0.05, 0) is 29.2 Å². The predicted molar refractivity (Wildman–Crippen MR) is 100 cm³/mol. The van der Waals surface area contributed by atoms with Crippen LogP contribution in [0.2, 0.25) is 0 Å². The van der Waals surface area contributed by atoms with E-state index in [0.717, 1.165) is 24.2 Å². The Morgan fingerprint density at radius 2 is 1.73 bits per heavy atom. The minimum Gasteiger partial charge on any atom is -0.340 e. The number of nitrogens with zero attached hydrogens (tertiary/aromatic N) is 4. The van der Waals surface area contributed by atoms with Gasteiger partial charge in [-0.3, -0.25) is 14.7 Å². The predicted octanol–water partition coefficient (Wildman–Crippen LogP) is 2.98. The van der Waals surface area contributed by atoms with Crippen molar-refractivity contribution in [2.75, 3.05) is 26.2 Å². The van der Waals surface area contributed by atoms with E-state index in [4.69, 9.17) is 0 Å². The lowest BCUT2D eigenvalue weighted by Gasteiger charge is -2.37. The van der Waals surface area contributed by atoms with Crippen molar-refractivity contribution >= 4 is 5.91 Å². The van der Waals surface area contributed by atoms with E-state index < -0.39 is 0 Å². The van der Waals surface area contributed by atoms with Crippen molar-refractivity contribution in [2.24, 2.45) is 0 Å². The minimum atomic E-state index is -0.246. The van der Waals surface area contributed by atoms with Crippen LogP contribution >= 0.6 is 0 Å². The molecule has 0 spiro atoms. The van der Waals surface area contributed by atoms with Crippen LogP contribution in [0.3, 0.4) is 0 Å². The van der Waals surface area contributed by atoms with Gasteiger partial charge in [0, 0.05) is 45.0 Å². The summed E-state index contributed by atoms with van der Waals surface area (Å²) in [6, 6.07) is 15.9. The number of carbonyl (C=O) groups excluding carboxylic acids is 1. The van der Waals surface area contributed by atoms with Gasteiger partial charge in [0.05, 0.1) is 6.07 Å². The zero-order valence-corrected chi connectivity index (χ0v) is 15.1. The zero-order chi connectivity index (χ0) is 18.4. The maximum absolute atomic E-state index is 12.6. The van der Waals surface area contributed by atoms with E-state index in [9.17, 15) is 10.1 Å². The van der Waals surface area contributed by atoms with Crippen molar-refractivity contribution in [1.29, 1.82) is 5.26 Å². The molecule has 1 aromatic heterocycles. The van der Waals surface area contributed by atoms with Gasteiger partial charge in [-0.25, -0.2) is 0 Å². The molecule has 0 bridgehead atoms. The molecule has 0 saturated carbocycles. The first-order valence-electron chi connectivity index (χ1n) is 9.05. The second-order valence-electron chi connectivity index (χ2n) is 6.74. The SMILES string of the molecule is C[C@H](CC(=O)N1CCN([C@H](C#N)c2ccccc2)CC1)c1ccncc1. The summed E-state index contributed by atoms with van der Waals surface area (Å²) in [4.78, 5) is 20.7. The largest absolute Gasteiger partial charge is 0.340 e. The quantitative estimate of drug-likeness (QED) is 0.833. The molecular weight excluding hydrogens is 324 g/mol. The molecule has 3 rings (SSSR count). The van der Waals surface area contributed by atoms with Crippen LogP contribution in [0.1, 0.15) is 36.4 Å². The third-order valence-corrected chi connectivity index (χ3v) is 5.03. The van der Waals surface area contributed by atoms with E-state index in [-0.39, 0.29) is 17.9 Å². The number of carbonyl (C=O) groups is 1. The Kier molecular flexibility index (Phi) is 5.98. The molecule has 1 aromatic carbocycles. The Morgan fingerprint density at radius 1 is 1.08 bits per heavy atom. The van der Waals surface area contributed by atoms with Gasteiger partial charge in [-0.15, -0.1) is 0 Å². The first-order chi connectivity index (χ1) is 12.7. The van der Waals surface area contributed by atoms with Crippen molar-refractivity contribution in [3.63, 3.8) is 0 Å². The van der Waals surface area contributed by atoms with Crippen LogP contribution in [0, 0.1) is 11.3 Å². The van der Waals surface area contributed by atoms with Crippen LogP contribution in [0.4, 0.5) is 0 Å². The number of amides is 1. The molecule has 5 nitrogen and oxygen atoms in total. The van der Waals surface area contributed by atoms with Gasteiger partial charge in [-0.2, -0.15) is 5.26 Å². The van der Waals surface area contributed by atoms with Gasteiger partial charge in [0.1, 0.15) is 6.04 Å². The highest BCUT2D eigenvalue weighted by molar-refractivity contribution is 5.77. The molecule has 1 saturated heterocycles. The molecular formula is C21H24N4O. The fraction of sp³-hybridized carbons (Fsp3) is 0.381. The van der Waals surface area contributed by atoms with Crippen molar-refractivity contribution in [1.82, 2.24) is 14.8 Å². The van der Waals surface area contributed by atoms with Crippen LogP contribution in [0.5, 0.6) is 0 Å². The first kappa shape index (κ1) is 18.1. The summed E-state index contributed by atoms with van der Waals surface area (Å²) in [5.74, 6) is 0.363. The molecule has 1 amide bonds. The Balaban J connectivity index is 1.55. The van der Waals surface area contributed by atoms with Crippen LogP contribution in [-0.2, 0) is 4.79 Å². The Bertz CT molecular complexity index is 749. The fourth-order valence-corrected chi connectivity index (χ4v) is 3.43. The third-order valence-electron chi connectivity index (χ3n) is 5.03. The number of aromatic nitrogens is 1. The van der Waals surface area contributed by atoms with E-state index in [2.05, 4.69) is 22.9 Å². The number of rotatable bonds is 5. The summed E-state index contributed by atoms with van der Waals surface area (Å²) in [6.45, 7) is 4.87. The number of hydrogen-bond donors (Lipinski definition) is 0. The van der Waals surface area contributed by atoms with Gasteiger partial charge >= 0.3 is 0 Å². The lowest BCUT2D eigenvalue weighted by Crippen LogP contribution is -2.49. The summed E-state index contributed by atoms with van der Waals surface area (Å²) in [5, 5.41) is 9.57. The highest BCUT2D eigenvalue weighted by Gasteiger charge is 2.27. The topological polar surface area (TPSA) is 60.2 Å². The summed E-state index contributed by atoms with van der Waals surface area (Å²) in [7, 11) is 0. The molecule has 134 valence electrons. The molecule has 26 heavy (non-hydrogen) atoms. The van der Waals surface area contributed by atoms with Crippen LogP contribution in [0.25, 0.3) is 0 Å². The number of benzene rings is 1. The number of piperazine rings is 1. The Morgan fingerprint density at radius 3 is 2.35 bits per heavy atom. The van der Waals surface area contributed by atoms with Gasteiger partial charge < -0.3 is 4.90 Å². The second-order valence-corrected chi connectivity index (χ2v) is 6.74. The summed E-state index contributed by atoms with van der Waals surface area (Å²) >= 11 is 0. The molecule has 0 unspecified atom stereocenters. The van der Waals surface area contributed by atoms with E-state index in [1.807, 2.05) is 47.4 Å². The average Bonchev–Trinajstić information content (AvgIpc) is 2.70. The first-order valence-corrected chi connectivity index (χ1v) is 9.05. The van der Waals surface area contributed by atoms with E-state index in [1.54, 1.807) is 12.4 Å². The fourth-order valence-electron chi connectivity index (χ4n) is 3.43. The van der Waals surface area contributed by atoms with E-state index in [0.29, 0.717) is 19.5 Å². The highest BCUT2D eigenvalue weighted by Crippen LogP contribution is 2.23. The Labute approximate surface area is 154 Å². The monoisotopic (exact) mass is 348 g/mol. The standard InChI is InChI=1S/C21H24N4O/c1-17(18-7-9-23-10-8-18)15-21(26)25-13-11-24(12-14-25)20(16-22)19-5-3-2-4-6-19/h2-10,17,20H,11-15H2,1H3/t17-,20-/m1/s1. The van der Waals surface area contributed by atoms with Crippen molar-refractivity contribution in [3.8, 4) is 6.07 Å². The zero-order valence-electron chi connectivity index (χ0n) is 15.1. The van der Waals surface area contributed by atoms with Crippen molar-refractivity contribution in [3.05, 3.63) is 66.0 Å². The van der Waals surface area contributed by atoms with Crippen LogP contribution in [-0.4, -0.2) is 46.9 Å². The lowest BCUT2D eigenvalue weighted by atomic mass is 9.98. The molecule has 1 aliphatic heterocycles. The molecule has 2 aromatic rings. The third kappa shape index (κ3) is 4.27. The minimum absolute atomic E-state index is 0.180. The van der Waals surface area contributed by atoms with Crippen molar-refractivity contribution < 1.29 is 4.79 Å². The molecule has 1 aliphatic rings. The molecule has 0 aliphatic carbocycles. The molecule has 1 fully saturated rings. The Hall–Kier alpha value is -2.71. The van der Waals surface area contributed by atoms with Crippen LogP contribution in [0.15, 0.2) is 54.9 Å². The normalized spacial score (nSPS) is 17.3. The summed E-state index contributed by atoms with van der Waals surface area (Å²) in [6.07, 6.45) is 4.03. The smallest absolute Gasteiger partial charge is 0.223 e. The summed E-state index contributed by atoms with van der Waals surface area (Å²) < 4.78 is 0. The molecule has 0 radical (unpaired) electrons. The summed E-state index contributed by atoms with van der Waals surface area (Å²) in [5.41, 5.74) is 2.15. The van der Waals surface area contributed by atoms with Gasteiger partial charge in [-0.1, -0.05) is 37.3 Å². The second kappa shape index (κ2) is 8.59. The number of pyridine rings is 1. The van der Waals surface area contributed by atoms with Gasteiger partial charge in [0.15, 0.2) is 0 Å². The van der Waals surface area contributed by atoms with Gasteiger partial charge in [0.2, 0.25) is 5.91 Å². The van der Waals surface area contributed by atoms with Crippen LogP contribution < -0.4 is 0 Å². The molecule has 0 N–H and O–H groups in total. The average molecular weight is 348 g/mol. The lowest BCUT2D eigenvalue weighted by molar-refractivity contribution is -0.133. The highest BCUT2D eigenvalue weighted by atomic mass is 16.2. The van der Waals surface area contributed by atoms with E-state index >= 15 is 0 Å². The van der Waals surface area contributed by atoms with Gasteiger partial charge in [0.25, 0.3) is 0 Å². The van der Waals surface area contributed by atoms with Crippen molar-refractivity contribution in [2.45, 2.75) is 25.3 Å². The maximum Gasteiger partial charge on any atom is 0.223 e. The number of nitriles is 1. The maximum atomic E-state index is 12.6. The molecule has 2 atom stereocenters. The molecule has 2 heterocycles. The number of hydrogen-bond acceptors (Lipinski definition) is 4.